The van der Waals surface area contributed by atoms with Crippen molar-refractivity contribution in [2.24, 2.45) is 0 Å². The quantitative estimate of drug-likeness (QED) is 0.468. The van der Waals surface area contributed by atoms with Gasteiger partial charge in [0.05, 0.1) is 9.81 Å². The van der Waals surface area contributed by atoms with Gasteiger partial charge in [0.2, 0.25) is 0 Å². The molecule has 0 aromatic carbocycles. The highest BCUT2D eigenvalue weighted by molar-refractivity contribution is 8.05. The lowest BCUT2D eigenvalue weighted by molar-refractivity contribution is 0.615. The maximum atomic E-state index is 10.3. The van der Waals surface area contributed by atoms with Crippen molar-refractivity contribution in [3.63, 3.8) is 0 Å². The fourth-order valence-corrected chi connectivity index (χ4v) is 1.42. The van der Waals surface area contributed by atoms with Crippen molar-refractivity contribution >= 4 is 9.84 Å². The summed E-state index contributed by atoms with van der Waals surface area (Å²) in [6.45, 7) is 3.23. The van der Waals surface area contributed by atoms with E-state index in [0.29, 0.717) is 9.81 Å². The molecule has 0 radical (unpaired) electrons. The van der Waals surface area contributed by atoms with Gasteiger partial charge in [-0.3, -0.25) is 0 Å². The molecule has 0 saturated carbocycles. The van der Waals surface area contributed by atoms with Gasteiger partial charge in [-0.1, -0.05) is 0 Å². The third-order valence-corrected chi connectivity index (χ3v) is 3.28. The van der Waals surface area contributed by atoms with Crippen LogP contribution in [0.1, 0.15) is 13.8 Å². The highest BCUT2D eigenvalue weighted by atomic mass is 32.2. The summed E-state index contributed by atoms with van der Waals surface area (Å²) in [5, 5.41) is 0. The van der Waals surface area contributed by atoms with E-state index in [-0.39, 0.29) is 0 Å². The van der Waals surface area contributed by atoms with Crippen molar-refractivity contribution in [3.05, 3.63) is 9.81 Å². The first-order chi connectivity index (χ1) is 3.07. The second-order valence-electron chi connectivity index (χ2n) is 1.62. The number of hydrogen-bond donors (Lipinski definition) is 0. The zero-order valence-electron chi connectivity index (χ0n) is 4.22. The molecular weight excluding hydrogens is 112 g/mol. The Hall–Kier alpha value is -0.310. The van der Waals surface area contributed by atoms with Crippen LogP contribution in [0.4, 0.5) is 0 Å². The standard InChI is InChI=1S/C4H6O2S/c1-3-4(2)7(3,5)6/h1-2H3. The van der Waals surface area contributed by atoms with E-state index in [2.05, 4.69) is 0 Å². The predicted molar refractivity (Wildman–Crippen MR) is 27.3 cm³/mol. The van der Waals surface area contributed by atoms with Gasteiger partial charge in [-0.2, -0.15) is 0 Å². The Bertz CT molecular complexity index is 202. The van der Waals surface area contributed by atoms with Crippen molar-refractivity contribution in [2.45, 2.75) is 13.8 Å². The van der Waals surface area contributed by atoms with Gasteiger partial charge in [-0.05, 0) is 13.8 Å². The van der Waals surface area contributed by atoms with E-state index in [1.165, 1.54) is 0 Å². The summed E-state index contributed by atoms with van der Waals surface area (Å²) < 4.78 is 20.7. The normalized spacial score (nSPS) is 25.4. The van der Waals surface area contributed by atoms with Crippen LogP contribution < -0.4 is 0 Å². The summed E-state index contributed by atoms with van der Waals surface area (Å²) in [5.41, 5.74) is 0. The van der Waals surface area contributed by atoms with Gasteiger partial charge in [0, 0.05) is 0 Å². The molecule has 0 saturated heterocycles. The van der Waals surface area contributed by atoms with E-state index in [9.17, 15) is 8.42 Å². The minimum atomic E-state index is -2.74. The van der Waals surface area contributed by atoms with Crippen LogP contribution in [0.15, 0.2) is 9.81 Å². The van der Waals surface area contributed by atoms with Gasteiger partial charge in [0.25, 0.3) is 0 Å². The van der Waals surface area contributed by atoms with Crippen LogP contribution in [0.3, 0.4) is 0 Å². The first-order valence-electron chi connectivity index (χ1n) is 1.99. The molecule has 0 unspecified atom stereocenters. The molecule has 40 valence electrons. The molecule has 1 aliphatic rings. The van der Waals surface area contributed by atoms with Gasteiger partial charge in [-0.25, -0.2) is 8.42 Å². The third kappa shape index (κ3) is 0.413. The summed E-state index contributed by atoms with van der Waals surface area (Å²) in [4.78, 5) is 1.10. The molecule has 1 heterocycles. The number of hydrogen-bond acceptors (Lipinski definition) is 2. The zero-order valence-corrected chi connectivity index (χ0v) is 5.04. The third-order valence-electron chi connectivity index (χ3n) is 1.26. The molecule has 1 aliphatic heterocycles. The second-order valence-corrected chi connectivity index (χ2v) is 3.85. The predicted octanol–water partition coefficient (Wildman–Crippen LogP) is 0.666. The molecule has 0 atom stereocenters. The Morgan fingerprint density at radius 2 is 1.29 bits per heavy atom. The Morgan fingerprint density at radius 1 is 1.14 bits per heavy atom. The van der Waals surface area contributed by atoms with Crippen molar-refractivity contribution in [3.8, 4) is 0 Å². The van der Waals surface area contributed by atoms with Crippen molar-refractivity contribution < 1.29 is 8.42 Å². The van der Waals surface area contributed by atoms with Crippen LogP contribution in [-0.2, 0) is 9.84 Å². The van der Waals surface area contributed by atoms with E-state index in [1.54, 1.807) is 13.8 Å². The highest BCUT2D eigenvalue weighted by Gasteiger charge is 2.34. The molecule has 7 heavy (non-hydrogen) atoms. The average Bonchev–Trinajstić information content (AvgIpc) is 1.91. The molecule has 0 spiro atoms. The van der Waals surface area contributed by atoms with Crippen LogP contribution in [0.5, 0.6) is 0 Å². The van der Waals surface area contributed by atoms with E-state index < -0.39 is 9.84 Å². The number of sulfone groups is 1. The molecule has 0 amide bonds. The van der Waals surface area contributed by atoms with E-state index in [1.807, 2.05) is 0 Å². The molecule has 0 N–H and O–H groups in total. The Balaban J connectivity index is 3.12. The number of rotatable bonds is 0. The first-order valence-corrected chi connectivity index (χ1v) is 3.47. The van der Waals surface area contributed by atoms with Crippen molar-refractivity contribution in [2.75, 3.05) is 0 Å². The topological polar surface area (TPSA) is 34.1 Å². The van der Waals surface area contributed by atoms with Crippen molar-refractivity contribution in [1.29, 1.82) is 0 Å². The average molecular weight is 118 g/mol. The van der Waals surface area contributed by atoms with Crippen LogP contribution >= 0.6 is 0 Å². The SMILES string of the molecule is CC1=C(C)S1(=O)=O. The summed E-state index contributed by atoms with van der Waals surface area (Å²) in [5.74, 6) is 0. The van der Waals surface area contributed by atoms with Crippen LogP contribution in [0.2, 0.25) is 0 Å². The maximum Gasteiger partial charge on any atom is 0.200 e. The first kappa shape index (κ1) is 4.84. The molecule has 0 bridgehead atoms. The summed E-state index contributed by atoms with van der Waals surface area (Å²) in [6.07, 6.45) is 0. The minimum Gasteiger partial charge on any atom is -0.219 e. The minimum absolute atomic E-state index is 0.549. The van der Waals surface area contributed by atoms with Gasteiger partial charge >= 0.3 is 0 Å². The largest absolute Gasteiger partial charge is 0.219 e. The lowest BCUT2D eigenvalue weighted by Gasteiger charge is -1.63. The lowest BCUT2D eigenvalue weighted by Crippen LogP contribution is -1.71. The van der Waals surface area contributed by atoms with Gasteiger partial charge < -0.3 is 0 Å². The van der Waals surface area contributed by atoms with E-state index in [0.717, 1.165) is 0 Å². The lowest BCUT2D eigenvalue weighted by atomic mass is 10.6. The van der Waals surface area contributed by atoms with Crippen molar-refractivity contribution in [1.82, 2.24) is 0 Å². The Labute approximate surface area is 42.8 Å². The Morgan fingerprint density at radius 3 is 1.29 bits per heavy atom. The maximum absolute atomic E-state index is 10.3. The zero-order chi connectivity index (χ0) is 5.65. The summed E-state index contributed by atoms with van der Waals surface area (Å²) >= 11 is 0. The van der Waals surface area contributed by atoms with Gasteiger partial charge in [0.15, 0.2) is 9.84 Å². The monoisotopic (exact) mass is 118 g/mol. The number of allylic oxidation sites excluding steroid dienone is 2. The fraction of sp³-hybridized carbons (Fsp3) is 0.500. The highest BCUT2D eigenvalue weighted by Crippen LogP contribution is 2.34. The Kier molecular flexibility index (Phi) is 0.633. The van der Waals surface area contributed by atoms with Gasteiger partial charge in [0.1, 0.15) is 0 Å². The van der Waals surface area contributed by atoms with E-state index in [4.69, 9.17) is 0 Å². The molecule has 0 aromatic rings. The molecule has 3 heteroatoms. The summed E-state index contributed by atoms with van der Waals surface area (Å²) in [6, 6.07) is 0. The molecule has 2 nitrogen and oxygen atoms in total. The molecular formula is C4H6O2S. The smallest absolute Gasteiger partial charge is 0.200 e. The second kappa shape index (κ2) is 0.916. The molecule has 1 rings (SSSR count). The van der Waals surface area contributed by atoms with Crippen LogP contribution in [0.25, 0.3) is 0 Å². The van der Waals surface area contributed by atoms with Crippen LogP contribution in [-0.4, -0.2) is 8.42 Å². The molecule has 0 aliphatic carbocycles. The molecule has 0 aromatic heterocycles. The van der Waals surface area contributed by atoms with Crippen LogP contribution in [0, 0.1) is 0 Å². The fourth-order valence-electron chi connectivity index (χ4n) is 0.405. The molecule has 0 fully saturated rings. The van der Waals surface area contributed by atoms with Gasteiger partial charge in [-0.15, -0.1) is 0 Å². The summed E-state index contributed by atoms with van der Waals surface area (Å²) in [7, 11) is -2.74. The van der Waals surface area contributed by atoms with E-state index >= 15 is 0 Å².